The van der Waals surface area contributed by atoms with Gasteiger partial charge in [-0.15, -0.1) is 0 Å². The average Bonchev–Trinajstić information content (AvgIpc) is 2.34. The molecule has 92 valence electrons. The summed E-state index contributed by atoms with van der Waals surface area (Å²) in [5, 5.41) is 0. The van der Waals surface area contributed by atoms with Crippen molar-refractivity contribution in [2.75, 3.05) is 5.73 Å². The summed E-state index contributed by atoms with van der Waals surface area (Å²) in [4.78, 5) is 10.9. The van der Waals surface area contributed by atoms with Crippen LogP contribution in [0.25, 0.3) is 0 Å². The van der Waals surface area contributed by atoms with Crippen LogP contribution in [0.3, 0.4) is 0 Å². The molecule has 1 amide bonds. The second-order valence-corrected chi connectivity index (χ2v) is 3.98. The van der Waals surface area contributed by atoms with E-state index in [-0.39, 0.29) is 0 Å². The van der Waals surface area contributed by atoms with Crippen molar-refractivity contribution in [3.63, 3.8) is 0 Å². The molecule has 4 nitrogen and oxygen atoms in total. The van der Waals surface area contributed by atoms with Gasteiger partial charge in [0.1, 0.15) is 5.75 Å². The number of amides is 1. The Morgan fingerprint density at radius 2 is 1.78 bits per heavy atom. The molecule has 2 rings (SSSR count). The minimum absolute atomic E-state index is 0.445. The lowest BCUT2D eigenvalue weighted by molar-refractivity contribution is 0.100. The molecule has 0 aliphatic rings. The van der Waals surface area contributed by atoms with E-state index in [1.165, 1.54) is 0 Å². The molecule has 0 spiro atoms. The quantitative estimate of drug-likeness (QED) is 0.811. The molecule has 0 unspecified atom stereocenters. The van der Waals surface area contributed by atoms with Crippen LogP contribution in [0, 0.1) is 6.92 Å². The lowest BCUT2D eigenvalue weighted by Gasteiger charge is -2.11. The standard InChI is InChI=1S/C14H14N2O2/c1-9-3-2-4-12(15)13(9)18-11-7-5-10(6-8-11)14(16)17/h2-8H,15H2,1H3,(H2,16,17). The number of anilines is 1. The summed E-state index contributed by atoms with van der Waals surface area (Å²) in [6.07, 6.45) is 0. The van der Waals surface area contributed by atoms with Gasteiger partial charge in [0.25, 0.3) is 0 Å². The van der Waals surface area contributed by atoms with E-state index in [2.05, 4.69) is 0 Å². The van der Waals surface area contributed by atoms with Gasteiger partial charge in [0.05, 0.1) is 5.69 Å². The Bertz CT molecular complexity index is 557. The molecule has 0 atom stereocenters. The van der Waals surface area contributed by atoms with Gasteiger partial charge in [0.2, 0.25) is 5.91 Å². The summed E-state index contributed by atoms with van der Waals surface area (Å²) in [5.74, 6) is 0.780. The summed E-state index contributed by atoms with van der Waals surface area (Å²) in [5.41, 5.74) is 13.0. The molecule has 0 saturated carbocycles. The Morgan fingerprint density at radius 1 is 1.11 bits per heavy atom. The van der Waals surface area contributed by atoms with Crippen LogP contribution in [0.1, 0.15) is 15.9 Å². The van der Waals surface area contributed by atoms with E-state index in [4.69, 9.17) is 16.2 Å². The number of hydrogen-bond donors (Lipinski definition) is 2. The fraction of sp³-hybridized carbons (Fsp3) is 0.0714. The molecule has 0 radical (unpaired) electrons. The molecule has 4 N–H and O–H groups in total. The van der Waals surface area contributed by atoms with Crippen LogP contribution in [0.2, 0.25) is 0 Å². The Kier molecular flexibility index (Phi) is 3.19. The highest BCUT2D eigenvalue weighted by molar-refractivity contribution is 5.92. The van der Waals surface area contributed by atoms with Crippen LogP contribution in [-0.4, -0.2) is 5.91 Å². The van der Waals surface area contributed by atoms with Gasteiger partial charge >= 0.3 is 0 Å². The lowest BCUT2D eigenvalue weighted by atomic mass is 10.2. The molecule has 0 aromatic heterocycles. The van der Waals surface area contributed by atoms with Crippen molar-refractivity contribution in [2.45, 2.75) is 6.92 Å². The molecule has 0 bridgehead atoms. The van der Waals surface area contributed by atoms with Gasteiger partial charge in [-0.1, -0.05) is 12.1 Å². The maximum Gasteiger partial charge on any atom is 0.248 e. The second-order valence-electron chi connectivity index (χ2n) is 3.98. The Balaban J connectivity index is 2.26. The predicted octanol–water partition coefficient (Wildman–Crippen LogP) is 2.47. The third-order valence-electron chi connectivity index (χ3n) is 2.60. The first kappa shape index (κ1) is 12.0. The highest BCUT2D eigenvalue weighted by Crippen LogP contribution is 2.30. The highest BCUT2D eigenvalue weighted by Gasteiger charge is 2.06. The summed E-state index contributed by atoms with van der Waals surface area (Å²) in [6.45, 7) is 1.92. The first-order chi connectivity index (χ1) is 8.58. The Morgan fingerprint density at radius 3 is 2.33 bits per heavy atom. The topological polar surface area (TPSA) is 78.3 Å². The molecule has 0 aliphatic carbocycles. The molecule has 0 fully saturated rings. The van der Waals surface area contributed by atoms with E-state index in [1.54, 1.807) is 30.3 Å². The predicted molar refractivity (Wildman–Crippen MR) is 70.6 cm³/mol. The number of carbonyl (C=O) groups excluding carboxylic acids is 1. The molecule has 18 heavy (non-hydrogen) atoms. The molecular weight excluding hydrogens is 228 g/mol. The smallest absolute Gasteiger partial charge is 0.248 e. The zero-order chi connectivity index (χ0) is 13.1. The van der Waals surface area contributed by atoms with Gasteiger partial charge in [-0.05, 0) is 42.8 Å². The summed E-state index contributed by atoms with van der Waals surface area (Å²) < 4.78 is 5.70. The fourth-order valence-electron chi connectivity index (χ4n) is 1.62. The van der Waals surface area contributed by atoms with E-state index in [1.807, 2.05) is 19.1 Å². The zero-order valence-corrected chi connectivity index (χ0v) is 10.0. The highest BCUT2D eigenvalue weighted by atomic mass is 16.5. The summed E-state index contributed by atoms with van der Waals surface area (Å²) in [7, 11) is 0. The minimum Gasteiger partial charge on any atom is -0.455 e. The summed E-state index contributed by atoms with van der Waals surface area (Å²) in [6, 6.07) is 12.2. The van der Waals surface area contributed by atoms with Gasteiger partial charge in [-0.2, -0.15) is 0 Å². The van der Waals surface area contributed by atoms with Crippen LogP contribution in [-0.2, 0) is 0 Å². The second kappa shape index (κ2) is 4.79. The van der Waals surface area contributed by atoms with Crippen LogP contribution >= 0.6 is 0 Å². The molecule has 2 aromatic rings. The van der Waals surface area contributed by atoms with Gasteiger partial charge < -0.3 is 16.2 Å². The third-order valence-corrected chi connectivity index (χ3v) is 2.60. The van der Waals surface area contributed by atoms with E-state index >= 15 is 0 Å². The molecular formula is C14H14N2O2. The average molecular weight is 242 g/mol. The zero-order valence-electron chi connectivity index (χ0n) is 10.0. The number of aryl methyl sites for hydroxylation is 1. The number of primary amides is 1. The van der Waals surface area contributed by atoms with Crippen molar-refractivity contribution in [1.29, 1.82) is 0 Å². The maximum absolute atomic E-state index is 10.9. The minimum atomic E-state index is -0.461. The summed E-state index contributed by atoms with van der Waals surface area (Å²) >= 11 is 0. The Labute approximate surface area is 105 Å². The van der Waals surface area contributed by atoms with Crippen LogP contribution in [0.5, 0.6) is 11.5 Å². The van der Waals surface area contributed by atoms with E-state index < -0.39 is 5.91 Å². The molecule has 0 aliphatic heterocycles. The van der Waals surface area contributed by atoms with E-state index in [0.717, 1.165) is 5.56 Å². The van der Waals surface area contributed by atoms with Crippen LogP contribution in [0.15, 0.2) is 42.5 Å². The van der Waals surface area contributed by atoms with Gasteiger partial charge in [-0.3, -0.25) is 4.79 Å². The number of nitrogen functional groups attached to an aromatic ring is 1. The van der Waals surface area contributed by atoms with Crippen molar-refractivity contribution in [3.8, 4) is 11.5 Å². The fourth-order valence-corrected chi connectivity index (χ4v) is 1.62. The van der Waals surface area contributed by atoms with Gasteiger partial charge in [0.15, 0.2) is 5.75 Å². The van der Waals surface area contributed by atoms with Crippen molar-refractivity contribution >= 4 is 11.6 Å². The SMILES string of the molecule is Cc1cccc(N)c1Oc1ccc(C(N)=O)cc1. The molecule has 2 aromatic carbocycles. The lowest BCUT2D eigenvalue weighted by Crippen LogP contribution is -2.10. The van der Waals surface area contributed by atoms with E-state index in [0.29, 0.717) is 22.7 Å². The normalized spacial score (nSPS) is 10.1. The first-order valence-electron chi connectivity index (χ1n) is 5.51. The number of rotatable bonds is 3. The van der Waals surface area contributed by atoms with Crippen molar-refractivity contribution in [2.24, 2.45) is 5.73 Å². The number of ether oxygens (including phenoxy) is 1. The van der Waals surface area contributed by atoms with Crippen molar-refractivity contribution < 1.29 is 9.53 Å². The van der Waals surface area contributed by atoms with Crippen molar-refractivity contribution in [3.05, 3.63) is 53.6 Å². The number of carbonyl (C=O) groups is 1. The van der Waals surface area contributed by atoms with E-state index in [9.17, 15) is 4.79 Å². The number of nitrogens with two attached hydrogens (primary N) is 2. The molecule has 0 saturated heterocycles. The van der Waals surface area contributed by atoms with Crippen molar-refractivity contribution in [1.82, 2.24) is 0 Å². The third kappa shape index (κ3) is 2.43. The number of para-hydroxylation sites is 1. The maximum atomic E-state index is 10.9. The van der Waals surface area contributed by atoms with Crippen LogP contribution < -0.4 is 16.2 Å². The van der Waals surface area contributed by atoms with Gasteiger partial charge in [-0.25, -0.2) is 0 Å². The Hall–Kier alpha value is -2.49. The number of benzene rings is 2. The first-order valence-corrected chi connectivity index (χ1v) is 5.51. The van der Waals surface area contributed by atoms with Crippen LogP contribution in [0.4, 0.5) is 5.69 Å². The molecule has 4 heteroatoms. The largest absolute Gasteiger partial charge is 0.455 e. The molecule has 0 heterocycles. The monoisotopic (exact) mass is 242 g/mol. The van der Waals surface area contributed by atoms with Gasteiger partial charge in [0, 0.05) is 5.56 Å². The number of hydrogen-bond acceptors (Lipinski definition) is 3.